The summed E-state index contributed by atoms with van der Waals surface area (Å²) < 4.78 is 0. The molecule has 2 heteroatoms. The summed E-state index contributed by atoms with van der Waals surface area (Å²) in [4.78, 5) is 24.3. The molecule has 1 aromatic rings. The Labute approximate surface area is 108 Å². The van der Waals surface area contributed by atoms with Crippen LogP contribution in [0.5, 0.6) is 0 Å². The molecule has 1 aliphatic rings. The van der Waals surface area contributed by atoms with Gasteiger partial charge in [0.05, 0.1) is 0 Å². The minimum Gasteiger partial charge on any atom is -0.289 e. The summed E-state index contributed by atoms with van der Waals surface area (Å²) in [5.74, 6) is -0.0428. The lowest BCUT2D eigenvalue weighted by Gasteiger charge is -2.25. The Kier molecular flexibility index (Phi) is 3.20. The second-order valence-electron chi connectivity index (χ2n) is 5.60. The molecule has 94 valence electrons. The molecule has 18 heavy (non-hydrogen) atoms. The first-order valence-electron chi connectivity index (χ1n) is 6.33. The predicted molar refractivity (Wildman–Crippen MR) is 71.9 cm³/mol. The number of rotatable bonds is 3. The predicted octanol–water partition coefficient (Wildman–Crippen LogP) is 3.82. The van der Waals surface area contributed by atoms with Gasteiger partial charge in [-0.2, -0.15) is 0 Å². The van der Waals surface area contributed by atoms with Gasteiger partial charge in [0.2, 0.25) is 0 Å². The van der Waals surface area contributed by atoms with Crippen molar-refractivity contribution in [3.05, 3.63) is 47.0 Å². The molecular weight excluding hydrogens is 224 g/mol. The first kappa shape index (κ1) is 12.7. The standard InChI is InChI=1S/C16H18O2/c1-4-16(2,3)10-11-9-14(17)12-7-5-6-8-13(12)15(11)18/h5-9H,4,10H2,1-3H3. The minimum atomic E-state index is -0.0490. The molecule has 0 aromatic heterocycles. The van der Waals surface area contributed by atoms with Crippen LogP contribution in [0.2, 0.25) is 0 Å². The van der Waals surface area contributed by atoms with Crippen molar-refractivity contribution in [1.29, 1.82) is 0 Å². The molecule has 0 amide bonds. The number of Topliss-reactive ketones (excluding diaryl/α,β-unsaturated/α-hetero) is 1. The van der Waals surface area contributed by atoms with Crippen molar-refractivity contribution < 1.29 is 9.59 Å². The van der Waals surface area contributed by atoms with E-state index < -0.39 is 0 Å². The number of ketones is 2. The molecule has 1 aromatic carbocycles. The smallest absolute Gasteiger partial charge is 0.189 e. The summed E-state index contributed by atoms with van der Waals surface area (Å²) in [6, 6.07) is 7.05. The van der Waals surface area contributed by atoms with Gasteiger partial charge in [0, 0.05) is 16.7 Å². The number of hydrogen-bond acceptors (Lipinski definition) is 2. The number of carbonyl (C=O) groups excluding carboxylic acids is 2. The third-order valence-electron chi connectivity index (χ3n) is 3.66. The van der Waals surface area contributed by atoms with Gasteiger partial charge in [-0.3, -0.25) is 9.59 Å². The van der Waals surface area contributed by atoms with Gasteiger partial charge in [0.15, 0.2) is 11.6 Å². The number of fused-ring (bicyclic) bond motifs is 1. The Morgan fingerprint density at radius 3 is 2.28 bits per heavy atom. The van der Waals surface area contributed by atoms with Crippen molar-refractivity contribution in [3.63, 3.8) is 0 Å². The molecule has 0 N–H and O–H groups in total. The Hall–Kier alpha value is -1.70. The average molecular weight is 242 g/mol. The summed E-state index contributed by atoms with van der Waals surface area (Å²) in [6.07, 6.45) is 3.15. The van der Waals surface area contributed by atoms with Crippen molar-refractivity contribution in [2.24, 2.45) is 5.41 Å². The number of carbonyl (C=O) groups is 2. The molecule has 0 spiro atoms. The molecule has 0 bridgehead atoms. The molecule has 0 saturated heterocycles. The quantitative estimate of drug-likeness (QED) is 0.807. The second-order valence-corrected chi connectivity index (χ2v) is 5.60. The summed E-state index contributed by atoms with van der Waals surface area (Å²) in [6.45, 7) is 6.34. The summed E-state index contributed by atoms with van der Waals surface area (Å²) in [5, 5.41) is 0. The Bertz CT molecular complexity index is 536. The van der Waals surface area contributed by atoms with Gasteiger partial charge in [-0.1, -0.05) is 51.5 Å². The van der Waals surface area contributed by atoms with E-state index in [9.17, 15) is 9.59 Å². The molecule has 2 nitrogen and oxygen atoms in total. The van der Waals surface area contributed by atoms with Crippen LogP contribution in [0.25, 0.3) is 0 Å². The second kappa shape index (κ2) is 4.52. The third kappa shape index (κ3) is 2.28. The minimum absolute atomic E-state index is 0.00623. The summed E-state index contributed by atoms with van der Waals surface area (Å²) >= 11 is 0. The lowest BCUT2D eigenvalue weighted by molar-refractivity contribution is 0.0975. The van der Waals surface area contributed by atoms with E-state index in [1.807, 2.05) is 0 Å². The SMILES string of the molecule is CCC(C)(C)CC1=CC(=O)c2ccccc2C1=O. The molecule has 0 saturated carbocycles. The fourth-order valence-corrected chi connectivity index (χ4v) is 2.14. The van der Waals surface area contributed by atoms with Gasteiger partial charge >= 0.3 is 0 Å². The molecular formula is C16H18O2. The Morgan fingerprint density at radius 2 is 1.67 bits per heavy atom. The van der Waals surface area contributed by atoms with Crippen molar-refractivity contribution >= 4 is 11.6 Å². The maximum atomic E-state index is 12.3. The topological polar surface area (TPSA) is 34.1 Å². The van der Waals surface area contributed by atoms with E-state index in [1.54, 1.807) is 24.3 Å². The molecule has 1 aliphatic carbocycles. The molecule has 0 atom stereocenters. The molecule has 0 heterocycles. The van der Waals surface area contributed by atoms with Crippen LogP contribution < -0.4 is 0 Å². The highest BCUT2D eigenvalue weighted by Gasteiger charge is 2.28. The molecule has 0 fully saturated rings. The fraction of sp³-hybridized carbons (Fsp3) is 0.375. The maximum Gasteiger partial charge on any atom is 0.189 e. The van der Waals surface area contributed by atoms with Crippen LogP contribution in [0.4, 0.5) is 0 Å². The van der Waals surface area contributed by atoms with Gasteiger partial charge in [0.25, 0.3) is 0 Å². The lowest BCUT2D eigenvalue weighted by Crippen LogP contribution is -2.21. The van der Waals surface area contributed by atoms with Gasteiger partial charge in [-0.25, -0.2) is 0 Å². The van der Waals surface area contributed by atoms with Crippen molar-refractivity contribution in [2.75, 3.05) is 0 Å². The number of hydrogen-bond donors (Lipinski definition) is 0. The van der Waals surface area contributed by atoms with Crippen molar-refractivity contribution in [1.82, 2.24) is 0 Å². The van der Waals surface area contributed by atoms with E-state index in [-0.39, 0.29) is 17.0 Å². The number of benzene rings is 1. The van der Waals surface area contributed by atoms with Crippen molar-refractivity contribution in [2.45, 2.75) is 33.6 Å². The lowest BCUT2D eigenvalue weighted by atomic mass is 9.78. The fourth-order valence-electron chi connectivity index (χ4n) is 2.14. The van der Waals surface area contributed by atoms with Gasteiger partial charge in [-0.15, -0.1) is 0 Å². The van der Waals surface area contributed by atoms with Crippen LogP contribution in [0, 0.1) is 5.41 Å². The van der Waals surface area contributed by atoms with Crippen LogP contribution in [0.1, 0.15) is 54.3 Å². The highest BCUT2D eigenvalue weighted by molar-refractivity contribution is 6.24. The first-order chi connectivity index (χ1) is 8.44. The summed E-state index contributed by atoms with van der Waals surface area (Å²) in [7, 11) is 0. The Morgan fingerprint density at radius 1 is 1.06 bits per heavy atom. The van der Waals surface area contributed by atoms with E-state index in [0.29, 0.717) is 23.1 Å². The van der Waals surface area contributed by atoms with E-state index in [0.717, 1.165) is 6.42 Å². The summed E-state index contributed by atoms with van der Waals surface area (Å²) in [5.41, 5.74) is 1.77. The maximum absolute atomic E-state index is 12.3. The number of allylic oxidation sites excluding steroid dienone is 2. The Balaban J connectivity index is 2.37. The molecule has 2 rings (SSSR count). The highest BCUT2D eigenvalue weighted by atomic mass is 16.1. The van der Waals surface area contributed by atoms with Crippen LogP contribution >= 0.6 is 0 Å². The zero-order valence-corrected chi connectivity index (χ0v) is 11.1. The zero-order valence-electron chi connectivity index (χ0n) is 11.1. The third-order valence-corrected chi connectivity index (χ3v) is 3.66. The van der Waals surface area contributed by atoms with Gasteiger partial charge in [0.1, 0.15) is 0 Å². The van der Waals surface area contributed by atoms with Gasteiger partial charge in [-0.05, 0) is 17.9 Å². The van der Waals surface area contributed by atoms with E-state index in [1.165, 1.54) is 6.08 Å². The van der Waals surface area contributed by atoms with E-state index in [4.69, 9.17) is 0 Å². The van der Waals surface area contributed by atoms with Gasteiger partial charge < -0.3 is 0 Å². The van der Waals surface area contributed by atoms with E-state index >= 15 is 0 Å². The van der Waals surface area contributed by atoms with Crippen LogP contribution in [-0.4, -0.2) is 11.6 Å². The first-order valence-corrected chi connectivity index (χ1v) is 6.33. The largest absolute Gasteiger partial charge is 0.289 e. The zero-order chi connectivity index (χ0) is 13.3. The normalized spacial score (nSPS) is 15.4. The van der Waals surface area contributed by atoms with Crippen LogP contribution in [0.15, 0.2) is 35.9 Å². The average Bonchev–Trinajstić information content (AvgIpc) is 2.35. The molecule has 0 radical (unpaired) electrons. The van der Waals surface area contributed by atoms with Crippen LogP contribution in [0.3, 0.4) is 0 Å². The molecule has 0 aliphatic heterocycles. The monoisotopic (exact) mass is 242 g/mol. The van der Waals surface area contributed by atoms with Crippen molar-refractivity contribution in [3.8, 4) is 0 Å². The highest BCUT2D eigenvalue weighted by Crippen LogP contribution is 2.32. The van der Waals surface area contributed by atoms with E-state index in [2.05, 4.69) is 20.8 Å². The molecule has 0 unspecified atom stereocenters. The van der Waals surface area contributed by atoms with Crippen LogP contribution in [-0.2, 0) is 0 Å².